The molecular weight excluding hydrogens is 304 g/mol. The van der Waals surface area contributed by atoms with Crippen molar-refractivity contribution in [2.45, 2.75) is 38.3 Å². The summed E-state index contributed by atoms with van der Waals surface area (Å²) in [5, 5.41) is 1.68. The normalized spacial score (nSPS) is 23.8. The zero-order valence-electron chi connectivity index (χ0n) is 14.3. The molecule has 0 bridgehead atoms. The molecule has 1 aromatic carbocycles. The van der Waals surface area contributed by atoms with E-state index in [9.17, 15) is 4.79 Å². The second kappa shape index (κ2) is 6.22. The zero-order chi connectivity index (χ0) is 16.7. The minimum atomic E-state index is -0.110. The Bertz CT molecular complexity index is 812. The molecule has 5 heteroatoms. The summed E-state index contributed by atoms with van der Waals surface area (Å²) in [6.45, 7) is 5.11. The summed E-state index contributed by atoms with van der Waals surface area (Å²) in [7, 11) is 1.51. The van der Waals surface area contributed by atoms with E-state index in [0.29, 0.717) is 11.4 Å². The number of pyridine rings is 1. The van der Waals surface area contributed by atoms with Gasteiger partial charge in [-0.05, 0) is 54.5 Å². The first kappa shape index (κ1) is 15.7. The molecule has 128 valence electrons. The van der Waals surface area contributed by atoms with Gasteiger partial charge in [-0.15, -0.1) is 0 Å². The number of morpholine rings is 1. The van der Waals surface area contributed by atoms with Crippen LogP contribution in [0.4, 0.5) is 0 Å². The van der Waals surface area contributed by atoms with Gasteiger partial charge in [0.2, 0.25) is 0 Å². The largest absolute Gasteiger partial charge is 0.414 e. The van der Waals surface area contributed by atoms with Crippen molar-refractivity contribution in [2.24, 2.45) is 0 Å². The van der Waals surface area contributed by atoms with Crippen LogP contribution < -0.4 is 10.4 Å². The lowest BCUT2D eigenvalue weighted by atomic mass is 9.83. The summed E-state index contributed by atoms with van der Waals surface area (Å²) in [4.78, 5) is 20.2. The molecule has 0 radical (unpaired) electrons. The lowest BCUT2D eigenvalue weighted by molar-refractivity contribution is -0.0800. The van der Waals surface area contributed by atoms with Crippen LogP contribution in [0, 0.1) is 0 Å². The van der Waals surface area contributed by atoms with E-state index >= 15 is 0 Å². The molecule has 2 atom stereocenters. The van der Waals surface area contributed by atoms with Crippen LogP contribution in [0.15, 0.2) is 29.2 Å². The Balaban J connectivity index is 1.81. The Morgan fingerprint density at radius 3 is 3.04 bits per heavy atom. The van der Waals surface area contributed by atoms with E-state index in [1.165, 1.54) is 23.0 Å². The third kappa shape index (κ3) is 2.43. The van der Waals surface area contributed by atoms with Gasteiger partial charge in [-0.25, -0.2) is 0 Å². The van der Waals surface area contributed by atoms with Crippen LogP contribution in [0.25, 0.3) is 10.8 Å². The average Bonchev–Trinajstić information content (AvgIpc) is 2.61. The first-order valence-corrected chi connectivity index (χ1v) is 8.81. The van der Waals surface area contributed by atoms with Gasteiger partial charge in [-0.1, -0.05) is 13.0 Å². The molecule has 2 unspecified atom stereocenters. The summed E-state index contributed by atoms with van der Waals surface area (Å²) in [6.07, 6.45) is 5.09. The van der Waals surface area contributed by atoms with Gasteiger partial charge in [0.1, 0.15) is 7.11 Å². The van der Waals surface area contributed by atoms with Crippen LogP contribution in [-0.4, -0.2) is 42.5 Å². The molecule has 0 amide bonds. The van der Waals surface area contributed by atoms with E-state index in [0.717, 1.165) is 44.3 Å². The fraction of sp³-hybridized carbons (Fsp3) is 0.526. The lowest BCUT2D eigenvalue weighted by Crippen LogP contribution is -2.49. The van der Waals surface area contributed by atoms with Crippen LogP contribution in [-0.2, 0) is 11.2 Å². The molecule has 1 aliphatic heterocycles. The van der Waals surface area contributed by atoms with Crippen LogP contribution in [0.2, 0.25) is 0 Å². The predicted octanol–water partition coefficient (Wildman–Crippen LogP) is 2.16. The number of ether oxygens (including phenoxy) is 1. The monoisotopic (exact) mass is 328 g/mol. The van der Waals surface area contributed by atoms with Crippen molar-refractivity contribution in [2.75, 3.05) is 26.8 Å². The number of aryl methyl sites for hydroxylation is 1. The van der Waals surface area contributed by atoms with E-state index in [1.807, 2.05) is 12.1 Å². The average molecular weight is 328 g/mol. The molecule has 2 heterocycles. The smallest absolute Gasteiger partial charge is 0.290 e. The number of benzene rings is 1. The minimum absolute atomic E-state index is 0.0778. The van der Waals surface area contributed by atoms with Gasteiger partial charge in [-0.3, -0.25) is 9.69 Å². The fourth-order valence-corrected chi connectivity index (χ4v) is 4.23. The van der Waals surface area contributed by atoms with E-state index < -0.39 is 0 Å². The number of nitrogens with zero attached hydrogens (tertiary/aromatic N) is 2. The third-order valence-electron chi connectivity index (χ3n) is 5.35. The number of hydrogen-bond acceptors (Lipinski definition) is 4. The Kier molecular flexibility index (Phi) is 4.06. The van der Waals surface area contributed by atoms with Gasteiger partial charge in [0, 0.05) is 18.8 Å². The number of fused-ring (bicyclic) bond motifs is 4. The molecule has 1 fully saturated rings. The summed E-state index contributed by atoms with van der Waals surface area (Å²) in [6, 6.07) is 6.56. The minimum Gasteiger partial charge on any atom is -0.414 e. The second-order valence-electron chi connectivity index (χ2n) is 6.70. The standard InChI is InChI=1S/C19H24N2O3/c1-3-7-20-9-10-24-18-15-12-16-14(6-8-21(23-2)19(16)22)11-13(15)4-5-17(18)20/h6,8,11-12,17-18H,3-5,7,9-10H2,1-2H3. The Morgan fingerprint density at radius 2 is 2.25 bits per heavy atom. The van der Waals surface area contributed by atoms with Gasteiger partial charge in [0.05, 0.1) is 18.1 Å². The molecule has 0 N–H and O–H groups in total. The van der Waals surface area contributed by atoms with Crippen LogP contribution in [0.5, 0.6) is 0 Å². The predicted molar refractivity (Wildman–Crippen MR) is 93.4 cm³/mol. The summed E-state index contributed by atoms with van der Waals surface area (Å²) in [5.74, 6) is 0. The van der Waals surface area contributed by atoms with Gasteiger partial charge in [0.25, 0.3) is 5.56 Å². The molecule has 1 aromatic heterocycles. The van der Waals surface area contributed by atoms with Gasteiger partial charge in [0.15, 0.2) is 0 Å². The van der Waals surface area contributed by atoms with Gasteiger partial charge >= 0.3 is 0 Å². The first-order valence-electron chi connectivity index (χ1n) is 8.81. The molecule has 1 aliphatic carbocycles. The highest BCUT2D eigenvalue weighted by atomic mass is 16.6. The maximum Gasteiger partial charge on any atom is 0.290 e. The number of rotatable bonds is 3. The van der Waals surface area contributed by atoms with E-state index in [1.54, 1.807) is 6.20 Å². The van der Waals surface area contributed by atoms with Crippen molar-refractivity contribution in [1.29, 1.82) is 0 Å². The SMILES string of the molecule is CCCN1CCOC2c3cc4c(=O)n(OC)ccc4cc3CCC21. The summed E-state index contributed by atoms with van der Waals surface area (Å²) < 4.78 is 7.43. The molecule has 2 aromatic rings. The van der Waals surface area contributed by atoms with Crippen LogP contribution >= 0.6 is 0 Å². The number of aromatic nitrogens is 1. The Labute approximate surface area is 141 Å². The fourth-order valence-electron chi connectivity index (χ4n) is 4.23. The topological polar surface area (TPSA) is 43.7 Å². The molecule has 1 saturated heterocycles. The lowest BCUT2D eigenvalue weighted by Gasteiger charge is -2.44. The summed E-state index contributed by atoms with van der Waals surface area (Å²) in [5.41, 5.74) is 2.39. The number of hydrogen-bond donors (Lipinski definition) is 0. The van der Waals surface area contributed by atoms with Gasteiger partial charge in [-0.2, -0.15) is 4.73 Å². The van der Waals surface area contributed by atoms with E-state index in [4.69, 9.17) is 9.57 Å². The van der Waals surface area contributed by atoms with E-state index in [-0.39, 0.29) is 11.7 Å². The molecule has 2 aliphatic rings. The molecular formula is C19H24N2O3. The molecule has 24 heavy (non-hydrogen) atoms. The highest BCUT2D eigenvalue weighted by molar-refractivity contribution is 5.83. The maximum absolute atomic E-state index is 12.6. The van der Waals surface area contributed by atoms with E-state index in [2.05, 4.69) is 17.9 Å². The highest BCUT2D eigenvalue weighted by Gasteiger charge is 2.37. The van der Waals surface area contributed by atoms with Crippen molar-refractivity contribution >= 4 is 10.8 Å². The van der Waals surface area contributed by atoms with Crippen molar-refractivity contribution in [3.8, 4) is 0 Å². The molecule has 0 spiro atoms. The Hall–Kier alpha value is -1.85. The highest BCUT2D eigenvalue weighted by Crippen LogP contribution is 2.39. The quantitative estimate of drug-likeness (QED) is 0.866. The van der Waals surface area contributed by atoms with Crippen LogP contribution in [0.3, 0.4) is 0 Å². The third-order valence-corrected chi connectivity index (χ3v) is 5.35. The van der Waals surface area contributed by atoms with Crippen molar-refractivity contribution < 1.29 is 9.57 Å². The second-order valence-corrected chi connectivity index (χ2v) is 6.70. The van der Waals surface area contributed by atoms with Crippen molar-refractivity contribution in [3.05, 3.63) is 45.9 Å². The van der Waals surface area contributed by atoms with Crippen molar-refractivity contribution in [3.63, 3.8) is 0 Å². The van der Waals surface area contributed by atoms with Gasteiger partial charge < -0.3 is 9.57 Å². The Morgan fingerprint density at radius 1 is 1.38 bits per heavy atom. The molecule has 4 rings (SSSR count). The summed E-state index contributed by atoms with van der Waals surface area (Å²) >= 11 is 0. The molecule has 0 saturated carbocycles. The maximum atomic E-state index is 12.6. The molecule has 5 nitrogen and oxygen atoms in total. The van der Waals surface area contributed by atoms with Crippen molar-refractivity contribution in [1.82, 2.24) is 9.63 Å². The van der Waals surface area contributed by atoms with Crippen LogP contribution in [0.1, 0.15) is 37.0 Å². The first-order chi connectivity index (χ1) is 11.7. The zero-order valence-corrected chi connectivity index (χ0v) is 14.3.